The molecule has 0 spiro atoms. The lowest BCUT2D eigenvalue weighted by atomic mass is 9.57. The Morgan fingerprint density at radius 1 is 1.20 bits per heavy atom. The Balaban J connectivity index is 1.58. The second-order valence-corrected chi connectivity index (χ2v) is 7.99. The van der Waals surface area contributed by atoms with Crippen molar-refractivity contribution in [2.45, 2.75) is 76.4 Å². The van der Waals surface area contributed by atoms with Crippen molar-refractivity contribution >= 4 is 5.97 Å². The number of rotatable bonds is 4. The number of hydrogen-bond acceptors (Lipinski definition) is 3. The monoisotopic (exact) mass is 346 g/mol. The van der Waals surface area contributed by atoms with Crippen molar-refractivity contribution in [2.75, 3.05) is 0 Å². The van der Waals surface area contributed by atoms with E-state index in [4.69, 9.17) is 5.11 Å². The van der Waals surface area contributed by atoms with Gasteiger partial charge in [-0.1, -0.05) is 42.8 Å². The average molecular weight is 346 g/mol. The van der Waals surface area contributed by atoms with Crippen LogP contribution in [0.3, 0.4) is 0 Å². The quantitative estimate of drug-likeness (QED) is 0.540. The van der Waals surface area contributed by atoms with Crippen LogP contribution in [0.15, 0.2) is 11.6 Å². The molecule has 0 heterocycles. The summed E-state index contributed by atoms with van der Waals surface area (Å²) in [6, 6.07) is 0. The molecular formula is C21H30O4. The molecule has 4 heteroatoms. The Labute approximate surface area is 150 Å². The highest BCUT2D eigenvalue weighted by Crippen LogP contribution is 2.51. The van der Waals surface area contributed by atoms with Crippen molar-refractivity contribution in [3.05, 3.63) is 11.6 Å². The Morgan fingerprint density at radius 2 is 1.96 bits per heavy atom. The molecule has 138 valence electrons. The zero-order chi connectivity index (χ0) is 17.8. The summed E-state index contributed by atoms with van der Waals surface area (Å²) in [4.78, 5) is 10.6. The van der Waals surface area contributed by atoms with Crippen LogP contribution in [0.25, 0.3) is 0 Å². The highest BCUT2D eigenvalue weighted by Gasteiger charge is 2.46. The van der Waals surface area contributed by atoms with Crippen molar-refractivity contribution in [1.82, 2.24) is 0 Å². The van der Waals surface area contributed by atoms with Crippen LogP contribution in [-0.2, 0) is 4.79 Å². The predicted molar refractivity (Wildman–Crippen MR) is 95.6 cm³/mol. The first-order valence-corrected chi connectivity index (χ1v) is 9.84. The number of fused-ring (bicyclic) bond motifs is 1. The summed E-state index contributed by atoms with van der Waals surface area (Å²) in [5.41, 5.74) is 1.35. The van der Waals surface area contributed by atoms with Crippen LogP contribution in [0.2, 0.25) is 0 Å². The van der Waals surface area contributed by atoms with Gasteiger partial charge in [0.15, 0.2) is 0 Å². The summed E-state index contributed by atoms with van der Waals surface area (Å²) in [5.74, 6) is 6.59. The lowest BCUT2D eigenvalue weighted by molar-refractivity contribution is -0.136. The maximum atomic E-state index is 10.6. The minimum atomic E-state index is -0.757. The minimum absolute atomic E-state index is 0.0476. The fraction of sp³-hybridized carbons (Fsp3) is 0.762. The summed E-state index contributed by atoms with van der Waals surface area (Å²) in [6.07, 6.45) is 10.3. The van der Waals surface area contributed by atoms with Gasteiger partial charge in [-0.15, -0.1) is 0 Å². The second-order valence-electron chi connectivity index (χ2n) is 7.99. The van der Waals surface area contributed by atoms with Crippen LogP contribution in [0.1, 0.15) is 64.2 Å². The van der Waals surface area contributed by atoms with E-state index in [-0.39, 0.29) is 12.3 Å². The normalized spacial score (nSPS) is 35.2. The van der Waals surface area contributed by atoms with Crippen LogP contribution in [0.4, 0.5) is 0 Å². The number of aliphatic hydroxyl groups is 2. The molecule has 3 aliphatic carbocycles. The molecule has 0 radical (unpaired) electrons. The van der Waals surface area contributed by atoms with Crippen molar-refractivity contribution in [3.63, 3.8) is 0 Å². The molecule has 3 rings (SSSR count). The lowest BCUT2D eigenvalue weighted by Gasteiger charge is -2.48. The number of carbonyl (C=O) groups is 1. The molecule has 0 amide bonds. The molecule has 5 atom stereocenters. The third-order valence-electron chi connectivity index (χ3n) is 6.37. The molecule has 0 bridgehead atoms. The zero-order valence-electron chi connectivity index (χ0n) is 14.9. The number of aliphatic carboxylic acids is 1. The summed E-state index contributed by atoms with van der Waals surface area (Å²) < 4.78 is 0. The van der Waals surface area contributed by atoms with E-state index in [1.165, 1.54) is 24.8 Å². The number of carboxylic acid groups (broad SMARTS) is 1. The van der Waals surface area contributed by atoms with Gasteiger partial charge in [0.1, 0.15) is 6.10 Å². The summed E-state index contributed by atoms with van der Waals surface area (Å²) in [5, 5.41) is 29.5. The summed E-state index contributed by atoms with van der Waals surface area (Å²) in [6.45, 7) is 0. The molecule has 0 aromatic heterocycles. The molecule has 3 N–H and O–H groups in total. The van der Waals surface area contributed by atoms with E-state index in [1.807, 2.05) is 0 Å². The van der Waals surface area contributed by atoms with Crippen LogP contribution in [0.5, 0.6) is 0 Å². The van der Waals surface area contributed by atoms with E-state index < -0.39 is 18.2 Å². The van der Waals surface area contributed by atoms with Crippen LogP contribution in [-0.4, -0.2) is 33.5 Å². The molecule has 4 nitrogen and oxygen atoms in total. The van der Waals surface area contributed by atoms with Crippen molar-refractivity contribution in [2.24, 2.45) is 23.7 Å². The Hall–Kier alpha value is -1.31. The van der Waals surface area contributed by atoms with Gasteiger partial charge in [-0.2, -0.15) is 0 Å². The van der Waals surface area contributed by atoms with Gasteiger partial charge >= 0.3 is 5.97 Å². The topological polar surface area (TPSA) is 77.8 Å². The van der Waals surface area contributed by atoms with Gasteiger partial charge in [0, 0.05) is 6.42 Å². The number of aliphatic hydroxyl groups excluding tert-OH is 2. The third kappa shape index (κ3) is 4.46. The molecule has 0 aromatic rings. The molecular weight excluding hydrogens is 316 g/mol. The van der Waals surface area contributed by atoms with E-state index in [0.29, 0.717) is 24.2 Å². The van der Waals surface area contributed by atoms with Crippen LogP contribution in [0, 0.1) is 35.5 Å². The first-order valence-electron chi connectivity index (χ1n) is 9.84. The Kier molecular flexibility index (Phi) is 6.19. The van der Waals surface area contributed by atoms with Gasteiger partial charge in [0.2, 0.25) is 0 Å². The Bertz CT molecular complexity index is 564. The molecule has 3 aliphatic rings. The van der Waals surface area contributed by atoms with Crippen LogP contribution < -0.4 is 0 Å². The van der Waals surface area contributed by atoms with E-state index >= 15 is 0 Å². The smallest absolute Gasteiger partial charge is 0.303 e. The molecule has 0 saturated heterocycles. The second kappa shape index (κ2) is 8.38. The summed E-state index contributed by atoms with van der Waals surface area (Å²) in [7, 11) is 0. The Morgan fingerprint density at radius 3 is 2.68 bits per heavy atom. The zero-order valence-corrected chi connectivity index (χ0v) is 14.9. The summed E-state index contributed by atoms with van der Waals surface area (Å²) >= 11 is 0. The first-order chi connectivity index (χ1) is 12.1. The first kappa shape index (κ1) is 18.5. The number of allylic oxidation sites excluding steroid dienone is 2. The average Bonchev–Trinajstić information content (AvgIpc) is 2.59. The van der Waals surface area contributed by atoms with Crippen LogP contribution >= 0.6 is 0 Å². The van der Waals surface area contributed by atoms with Gasteiger partial charge < -0.3 is 15.3 Å². The minimum Gasteiger partial charge on any atom is -0.481 e. The standard InChI is InChI=1S/C21H30O4/c22-19(14-5-2-1-3-6-14)11-10-17-18-13-15(7-4-8-21(24)25)16(18)9-12-20(17)23/h7,14,16-20,22-23H,1-6,8-9,12-13H2,(H,24,25)/b15-7-/t16-,17-,18+,19+,20-/m1/s1. The van der Waals surface area contributed by atoms with Crippen molar-refractivity contribution < 1.29 is 20.1 Å². The highest BCUT2D eigenvalue weighted by atomic mass is 16.4. The number of hydrogen-bond donors (Lipinski definition) is 3. The lowest BCUT2D eigenvalue weighted by Crippen LogP contribution is -2.44. The van der Waals surface area contributed by atoms with E-state index in [1.54, 1.807) is 0 Å². The van der Waals surface area contributed by atoms with Gasteiger partial charge in [0.05, 0.1) is 12.0 Å². The van der Waals surface area contributed by atoms with Gasteiger partial charge in [0.25, 0.3) is 0 Å². The fourth-order valence-corrected chi connectivity index (χ4v) is 4.84. The molecule has 0 aromatic carbocycles. The molecule has 0 unspecified atom stereocenters. The van der Waals surface area contributed by atoms with Crippen molar-refractivity contribution in [3.8, 4) is 11.8 Å². The molecule has 0 aliphatic heterocycles. The molecule has 25 heavy (non-hydrogen) atoms. The number of carboxylic acids is 1. The molecule has 3 saturated carbocycles. The highest BCUT2D eigenvalue weighted by molar-refractivity contribution is 5.66. The maximum Gasteiger partial charge on any atom is 0.303 e. The van der Waals surface area contributed by atoms with E-state index in [9.17, 15) is 15.0 Å². The largest absolute Gasteiger partial charge is 0.481 e. The SMILES string of the molecule is O=C(O)CC/C=C1/C[C@@H]2[C@@H](C#C[C@H](O)C3CCCCC3)[C@H](O)CC[C@H]12. The van der Waals surface area contributed by atoms with Crippen molar-refractivity contribution in [1.29, 1.82) is 0 Å². The van der Waals surface area contributed by atoms with E-state index in [2.05, 4.69) is 17.9 Å². The van der Waals surface area contributed by atoms with Gasteiger partial charge in [-0.05, 0) is 56.3 Å². The fourth-order valence-electron chi connectivity index (χ4n) is 4.84. The predicted octanol–water partition coefficient (Wildman–Crippen LogP) is 3.13. The van der Waals surface area contributed by atoms with Gasteiger partial charge in [-0.3, -0.25) is 4.79 Å². The molecule has 3 fully saturated rings. The maximum absolute atomic E-state index is 10.6. The van der Waals surface area contributed by atoms with Gasteiger partial charge in [-0.25, -0.2) is 0 Å². The third-order valence-corrected chi connectivity index (χ3v) is 6.37. The van der Waals surface area contributed by atoms with E-state index in [0.717, 1.165) is 32.1 Å².